The van der Waals surface area contributed by atoms with Crippen molar-refractivity contribution >= 4 is 39.9 Å². The van der Waals surface area contributed by atoms with Crippen LogP contribution in [0.1, 0.15) is 17.5 Å². The summed E-state index contributed by atoms with van der Waals surface area (Å²) in [6, 6.07) is 45.6. The molecule has 6 aromatic carbocycles. The number of rotatable bonds is 7. The third-order valence-electron chi connectivity index (χ3n) is 8.70. The number of hydrogen-bond acceptors (Lipinski definition) is 2. The van der Waals surface area contributed by atoms with Gasteiger partial charge in [-0.05, 0) is 80.1 Å². The highest BCUT2D eigenvalue weighted by Crippen LogP contribution is 2.28. The zero-order chi connectivity index (χ0) is 29.2. The second-order valence-electron chi connectivity index (χ2n) is 11.1. The van der Waals surface area contributed by atoms with Crippen molar-refractivity contribution < 1.29 is 9.47 Å². The molecule has 0 fully saturated rings. The number of methoxy groups -OCH3 is 2. The van der Waals surface area contributed by atoms with Gasteiger partial charge in [-0.3, -0.25) is 0 Å². The van der Waals surface area contributed by atoms with Crippen molar-refractivity contribution in [2.75, 3.05) is 14.2 Å². The minimum Gasteiger partial charge on any atom is -0.497 e. The first kappa shape index (κ1) is 26.9. The molecule has 208 valence electrons. The van der Waals surface area contributed by atoms with Gasteiger partial charge < -0.3 is 9.47 Å². The summed E-state index contributed by atoms with van der Waals surface area (Å²) in [6.45, 7) is -0.114. The lowest BCUT2D eigenvalue weighted by Gasteiger charge is -2.26. The molecule has 0 atom stereocenters. The van der Waals surface area contributed by atoms with Crippen LogP contribution in [-0.2, 0) is 6.42 Å². The monoisotopic (exact) mass is 556 g/mol. The summed E-state index contributed by atoms with van der Waals surface area (Å²) in [6.07, 6.45) is 6.65. The zero-order valence-corrected chi connectivity index (χ0v) is 24.6. The van der Waals surface area contributed by atoms with E-state index in [1.165, 1.54) is 55.1 Å². The molecular formula is C40H33BO2. The van der Waals surface area contributed by atoms with Gasteiger partial charge in [-0.25, -0.2) is 0 Å². The Morgan fingerprint density at radius 1 is 0.558 bits per heavy atom. The van der Waals surface area contributed by atoms with E-state index >= 15 is 0 Å². The highest BCUT2D eigenvalue weighted by molar-refractivity contribution is 6.98. The number of ether oxygens (including phenoxy) is 2. The Morgan fingerprint density at radius 3 is 2.00 bits per heavy atom. The molecule has 1 aliphatic carbocycles. The largest absolute Gasteiger partial charge is 0.497 e. The minimum atomic E-state index is -0.114. The standard InChI is InChI=1S/C40H33BO2/c1-42-37-25-23-31-13-6-8-17-35(31)39(37)41(40-36-18-9-7-14-32(36)24-26-38(40)43-2)34-16-10-15-33(27-34)30-21-19-29(20-22-30)28-11-4-3-5-12-28/h3-6,8-13,15-27H,7,14H2,1-2H3. The molecule has 1 aliphatic rings. The summed E-state index contributed by atoms with van der Waals surface area (Å²) >= 11 is 0. The van der Waals surface area contributed by atoms with Gasteiger partial charge >= 0.3 is 0 Å². The van der Waals surface area contributed by atoms with Crippen molar-refractivity contribution in [2.45, 2.75) is 12.8 Å². The summed E-state index contributed by atoms with van der Waals surface area (Å²) in [5.74, 6) is 1.77. The van der Waals surface area contributed by atoms with Gasteiger partial charge in [-0.2, -0.15) is 0 Å². The predicted octanol–water partition coefficient (Wildman–Crippen LogP) is 7.67. The molecule has 43 heavy (non-hydrogen) atoms. The molecule has 0 spiro atoms. The Kier molecular flexibility index (Phi) is 7.31. The van der Waals surface area contributed by atoms with Gasteiger partial charge in [0.25, 0.3) is 6.71 Å². The van der Waals surface area contributed by atoms with Crippen LogP contribution in [0.15, 0.2) is 133 Å². The molecular weight excluding hydrogens is 523 g/mol. The lowest BCUT2D eigenvalue weighted by Crippen LogP contribution is -2.54. The van der Waals surface area contributed by atoms with Crippen molar-refractivity contribution in [2.24, 2.45) is 0 Å². The Morgan fingerprint density at radius 2 is 1.21 bits per heavy atom. The number of benzene rings is 6. The maximum atomic E-state index is 6.12. The maximum Gasteiger partial charge on any atom is 0.252 e. The molecule has 0 amide bonds. The van der Waals surface area contributed by atoms with Gasteiger partial charge in [-0.1, -0.05) is 133 Å². The van der Waals surface area contributed by atoms with Gasteiger partial charge in [0, 0.05) is 0 Å². The predicted molar refractivity (Wildman–Crippen MR) is 183 cm³/mol. The molecule has 2 nitrogen and oxygen atoms in total. The lowest BCUT2D eigenvalue weighted by molar-refractivity contribution is 0.417. The molecule has 0 radical (unpaired) electrons. The molecule has 0 saturated carbocycles. The van der Waals surface area contributed by atoms with Crippen molar-refractivity contribution in [3.63, 3.8) is 0 Å². The molecule has 7 rings (SSSR count). The highest BCUT2D eigenvalue weighted by Gasteiger charge is 2.33. The third-order valence-corrected chi connectivity index (χ3v) is 8.70. The summed E-state index contributed by atoms with van der Waals surface area (Å²) < 4.78 is 12.2. The van der Waals surface area contributed by atoms with Crippen molar-refractivity contribution in [3.8, 4) is 33.8 Å². The normalized spacial score (nSPS) is 12.1. The first-order chi connectivity index (χ1) is 21.2. The summed E-state index contributed by atoms with van der Waals surface area (Å²) in [5.41, 5.74) is 11.0. The Bertz CT molecular complexity index is 1940. The van der Waals surface area contributed by atoms with Crippen LogP contribution in [0, 0.1) is 0 Å². The molecule has 0 aliphatic heterocycles. The molecule has 0 unspecified atom stereocenters. The molecule has 3 heteroatoms. The molecule has 6 aromatic rings. The van der Waals surface area contributed by atoms with E-state index in [0.717, 1.165) is 29.8 Å². The molecule has 0 aromatic heterocycles. The van der Waals surface area contributed by atoms with Gasteiger partial charge in [0.05, 0.1) is 14.2 Å². The van der Waals surface area contributed by atoms with E-state index in [-0.39, 0.29) is 6.71 Å². The smallest absolute Gasteiger partial charge is 0.252 e. The number of fused-ring (bicyclic) bond motifs is 2. The average molecular weight is 557 g/mol. The second kappa shape index (κ2) is 11.7. The van der Waals surface area contributed by atoms with Crippen LogP contribution in [0.3, 0.4) is 0 Å². The number of aryl methyl sites for hydroxylation is 1. The van der Waals surface area contributed by atoms with Gasteiger partial charge in [-0.15, -0.1) is 0 Å². The summed E-state index contributed by atoms with van der Waals surface area (Å²) in [5, 5.41) is 2.37. The lowest BCUT2D eigenvalue weighted by atomic mass is 9.35. The fourth-order valence-corrected chi connectivity index (χ4v) is 6.60. The zero-order valence-electron chi connectivity index (χ0n) is 24.6. The Labute approximate surface area is 254 Å². The molecule has 0 N–H and O–H groups in total. The highest BCUT2D eigenvalue weighted by atomic mass is 16.5. The topological polar surface area (TPSA) is 18.5 Å². The summed E-state index contributed by atoms with van der Waals surface area (Å²) in [7, 11) is 3.55. The van der Waals surface area contributed by atoms with Crippen molar-refractivity contribution in [3.05, 3.63) is 145 Å². The van der Waals surface area contributed by atoms with Crippen LogP contribution in [0.4, 0.5) is 0 Å². The number of allylic oxidation sites excluding steroid dienone is 1. The van der Waals surface area contributed by atoms with Gasteiger partial charge in [0.2, 0.25) is 0 Å². The van der Waals surface area contributed by atoms with Crippen LogP contribution < -0.4 is 25.9 Å². The van der Waals surface area contributed by atoms with E-state index in [9.17, 15) is 0 Å². The van der Waals surface area contributed by atoms with E-state index in [2.05, 4.69) is 140 Å². The molecule has 0 bridgehead atoms. The molecule has 0 heterocycles. The first-order valence-corrected chi connectivity index (χ1v) is 14.9. The van der Waals surface area contributed by atoms with Crippen LogP contribution in [0.2, 0.25) is 0 Å². The third kappa shape index (κ3) is 5.02. The SMILES string of the molecule is COc1ccc2c(c1B(c1cccc(-c3ccc(-c4ccccc4)cc3)c1)c1c(OC)ccc3ccccc13)C=CCC2. The van der Waals surface area contributed by atoms with Crippen molar-refractivity contribution in [1.29, 1.82) is 0 Å². The van der Waals surface area contributed by atoms with E-state index in [0.29, 0.717) is 0 Å². The first-order valence-electron chi connectivity index (χ1n) is 14.9. The van der Waals surface area contributed by atoms with Gasteiger partial charge in [0.1, 0.15) is 11.5 Å². The molecule has 0 saturated heterocycles. The van der Waals surface area contributed by atoms with E-state index in [4.69, 9.17) is 9.47 Å². The fraction of sp³-hybridized carbons (Fsp3) is 0.100. The van der Waals surface area contributed by atoms with Crippen LogP contribution >= 0.6 is 0 Å². The maximum absolute atomic E-state index is 6.12. The average Bonchev–Trinajstić information content (AvgIpc) is 3.09. The quantitative estimate of drug-likeness (QED) is 0.188. The second-order valence-corrected chi connectivity index (χ2v) is 11.1. The van der Waals surface area contributed by atoms with Crippen LogP contribution in [-0.4, -0.2) is 20.9 Å². The minimum absolute atomic E-state index is 0.114. The van der Waals surface area contributed by atoms with Crippen LogP contribution in [0.25, 0.3) is 39.1 Å². The van der Waals surface area contributed by atoms with E-state index < -0.39 is 0 Å². The Balaban J connectivity index is 1.45. The van der Waals surface area contributed by atoms with E-state index in [1.54, 1.807) is 14.2 Å². The van der Waals surface area contributed by atoms with Crippen molar-refractivity contribution in [1.82, 2.24) is 0 Å². The summed E-state index contributed by atoms with van der Waals surface area (Å²) in [4.78, 5) is 0. The van der Waals surface area contributed by atoms with Gasteiger partial charge in [0.15, 0.2) is 0 Å². The van der Waals surface area contributed by atoms with Crippen LogP contribution in [0.5, 0.6) is 11.5 Å². The number of hydrogen-bond donors (Lipinski definition) is 0. The Hall–Kier alpha value is -5.02. The fourth-order valence-electron chi connectivity index (χ4n) is 6.60. The van der Waals surface area contributed by atoms with E-state index in [1.807, 2.05) is 0 Å².